The van der Waals surface area contributed by atoms with Gasteiger partial charge in [0.05, 0.1) is 0 Å². The summed E-state index contributed by atoms with van der Waals surface area (Å²) in [6, 6.07) is 0.701. The summed E-state index contributed by atoms with van der Waals surface area (Å²) in [4.78, 5) is 2.60. The lowest BCUT2D eigenvalue weighted by atomic mass is 9.84. The van der Waals surface area contributed by atoms with E-state index in [2.05, 4.69) is 10.2 Å². The fraction of sp³-hybridized carbons (Fsp3) is 1.00. The van der Waals surface area contributed by atoms with Gasteiger partial charge in [-0.15, -0.1) is 0 Å². The van der Waals surface area contributed by atoms with Crippen LogP contribution < -0.4 is 11.1 Å². The van der Waals surface area contributed by atoms with Crippen molar-refractivity contribution in [2.24, 2.45) is 11.7 Å². The van der Waals surface area contributed by atoms with Crippen LogP contribution in [-0.2, 0) is 0 Å². The molecule has 1 aliphatic heterocycles. The molecule has 0 aromatic carbocycles. The Morgan fingerprint density at radius 3 is 2.59 bits per heavy atom. The van der Waals surface area contributed by atoms with Crippen LogP contribution >= 0.6 is 0 Å². The Hall–Kier alpha value is -0.120. The van der Waals surface area contributed by atoms with Crippen molar-refractivity contribution in [3.63, 3.8) is 0 Å². The lowest BCUT2D eigenvalue weighted by molar-refractivity contribution is 0.260. The first-order valence-corrected chi connectivity index (χ1v) is 7.56. The Morgan fingerprint density at radius 2 is 1.82 bits per heavy atom. The van der Waals surface area contributed by atoms with E-state index in [-0.39, 0.29) is 0 Å². The molecule has 1 aliphatic carbocycles. The van der Waals surface area contributed by atoms with Gasteiger partial charge in [-0.3, -0.25) is 0 Å². The van der Waals surface area contributed by atoms with Gasteiger partial charge in [0, 0.05) is 6.04 Å². The highest BCUT2D eigenvalue weighted by atomic mass is 15.1. The molecule has 1 heterocycles. The van der Waals surface area contributed by atoms with Crippen LogP contribution in [0.4, 0.5) is 0 Å². The molecular formula is C14H29N3. The summed E-state index contributed by atoms with van der Waals surface area (Å²) >= 11 is 0. The predicted molar refractivity (Wildman–Crippen MR) is 73.1 cm³/mol. The molecule has 100 valence electrons. The minimum atomic E-state index is 0.701. The van der Waals surface area contributed by atoms with Gasteiger partial charge in [0.15, 0.2) is 0 Å². The summed E-state index contributed by atoms with van der Waals surface area (Å²) in [7, 11) is 0. The van der Waals surface area contributed by atoms with Gasteiger partial charge in [0.1, 0.15) is 0 Å². The lowest BCUT2D eigenvalue weighted by Gasteiger charge is -2.31. The first-order valence-electron chi connectivity index (χ1n) is 7.56. The number of rotatable bonds is 6. The Labute approximate surface area is 106 Å². The molecule has 2 fully saturated rings. The molecule has 0 radical (unpaired) electrons. The summed E-state index contributed by atoms with van der Waals surface area (Å²) in [6.45, 7) is 5.98. The van der Waals surface area contributed by atoms with Gasteiger partial charge >= 0.3 is 0 Å². The number of nitrogens with zero attached hydrogens (tertiary/aromatic N) is 1. The largest absolute Gasteiger partial charge is 0.330 e. The highest BCUT2D eigenvalue weighted by Crippen LogP contribution is 2.23. The van der Waals surface area contributed by atoms with Crippen LogP contribution in [0.2, 0.25) is 0 Å². The van der Waals surface area contributed by atoms with Gasteiger partial charge in [-0.1, -0.05) is 12.8 Å². The SMILES string of the molecule is NCC1CCCCC1NCCCN1CCCC1. The van der Waals surface area contributed by atoms with Crippen molar-refractivity contribution in [1.29, 1.82) is 0 Å². The second kappa shape index (κ2) is 7.34. The Kier molecular flexibility index (Phi) is 5.75. The van der Waals surface area contributed by atoms with E-state index < -0.39 is 0 Å². The van der Waals surface area contributed by atoms with Crippen LogP contribution in [0, 0.1) is 5.92 Å². The highest BCUT2D eigenvalue weighted by Gasteiger charge is 2.23. The molecule has 3 N–H and O–H groups in total. The van der Waals surface area contributed by atoms with Crippen molar-refractivity contribution < 1.29 is 0 Å². The van der Waals surface area contributed by atoms with Gasteiger partial charge in [0.25, 0.3) is 0 Å². The number of hydrogen-bond donors (Lipinski definition) is 2. The van der Waals surface area contributed by atoms with Crippen LogP contribution in [0.5, 0.6) is 0 Å². The molecule has 1 saturated heterocycles. The van der Waals surface area contributed by atoms with Gasteiger partial charge < -0.3 is 16.0 Å². The van der Waals surface area contributed by atoms with Gasteiger partial charge in [-0.25, -0.2) is 0 Å². The minimum absolute atomic E-state index is 0.701. The second-order valence-corrected chi connectivity index (χ2v) is 5.74. The van der Waals surface area contributed by atoms with Crippen molar-refractivity contribution >= 4 is 0 Å². The zero-order valence-corrected chi connectivity index (χ0v) is 11.2. The van der Waals surface area contributed by atoms with E-state index in [0.717, 1.165) is 12.5 Å². The van der Waals surface area contributed by atoms with Crippen LogP contribution in [0.15, 0.2) is 0 Å². The molecule has 0 amide bonds. The zero-order valence-electron chi connectivity index (χ0n) is 11.2. The van der Waals surface area contributed by atoms with E-state index in [4.69, 9.17) is 5.73 Å². The third-order valence-corrected chi connectivity index (χ3v) is 4.47. The zero-order chi connectivity index (χ0) is 11.9. The van der Waals surface area contributed by atoms with Crippen molar-refractivity contribution in [2.75, 3.05) is 32.7 Å². The maximum Gasteiger partial charge on any atom is 0.0107 e. The Morgan fingerprint density at radius 1 is 1.06 bits per heavy atom. The third kappa shape index (κ3) is 4.23. The highest BCUT2D eigenvalue weighted by molar-refractivity contribution is 4.81. The van der Waals surface area contributed by atoms with Crippen molar-refractivity contribution in [2.45, 2.75) is 51.0 Å². The molecule has 3 nitrogen and oxygen atoms in total. The van der Waals surface area contributed by atoms with E-state index in [1.807, 2.05) is 0 Å². The monoisotopic (exact) mass is 239 g/mol. The maximum absolute atomic E-state index is 5.85. The third-order valence-electron chi connectivity index (χ3n) is 4.47. The summed E-state index contributed by atoms with van der Waals surface area (Å²) in [5.74, 6) is 0.732. The van der Waals surface area contributed by atoms with Crippen molar-refractivity contribution in [3.05, 3.63) is 0 Å². The van der Waals surface area contributed by atoms with E-state index in [1.165, 1.54) is 71.1 Å². The second-order valence-electron chi connectivity index (χ2n) is 5.74. The molecule has 0 aromatic heterocycles. The fourth-order valence-electron chi connectivity index (χ4n) is 3.35. The van der Waals surface area contributed by atoms with Crippen LogP contribution in [-0.4, -0.2) is 43.7 Å². The summed E-state index contributed by atoms with van der Waals surface area (Å²) in [5, 5.41) is 3.74. The maximum atomic E-state index is 5.85. The topological polar surface area (TPSA) is 41.3 Å². The van der Waals surface area contributed by atoms with Gasteiger partial charge in [-0.2, -0.15) is 0 Å². The van der Waals surface area contributed by atoms with Gasteiger partial charge in [0.2, 0.25) is 0 Å². The number of likely N-dealkylation sites (tertiary alicyclic amines) is 1. The Bertz CT molecular complexity index is 202. The minimum Gasteiger partial charge on any atom is -0.330 e. The number of nitrogens with two attached hydrogens (primary N) is 1. The molecule has 0 bridgehead atoms. The first-order chi connectivity index (χ1) is 8.40. The Balaban J connectivity index is 1.56. The van der Waals surface area contributed by atoms with Crippen molar-refractivity contribution in [1.82, 2.24) is 10.2 Å². The van der Waals surface area contributed by atoms with E-state index >= 15 is 0 Å². The van der Waals surface area contributed by atoms with Crippen LogP contribution in [0.25, 0.3) is 0 Å². The molecule has 0 spiro atoms. The lowest BCUT2D eigenvalue weighted by Crippen LogP contribution is -2.42. The van der Waals surface area contributed by atoms with E-state index in [1.54, 1.807) is 0 Å². The number of hydrogen-bond acceptors (Lipinski definition) is 3. The smallest absolute Gasteiger partial charge is 0.0107 e. The molecular weight excluding hydrogens is 210 g/mol. The summed E-state index contributed by atoms with van der Waals surface area (Å²) < 4.78 is 0. The molecule has 2 rings (SSSR count). The van der Waals surface area contributed by atoms with E-state index in [0.29, 0.717) is 6.04 Å². The normalized spacial score (nSPS) is 30.9. The first kappa shape index (κ1) is 13.3. The molecule has 0 aromatic rings. The fourth-order valence-corrected chi connectivity index (χ4v) is 3.35. The standard InChI is InChI=1S/C14H29N3/c15-12-13-6-1-2-7-14(13)16-8-5-11-17-9-3-4-10-17/h13-14,16H,1-12,15H2. The summed E-state index contributed by atoms with van der Waals surface area (Å²) in [6.07, 6.45) is 9.56. The molecule has 2 atom stereocenters. The average Bonchev–Trinajstić information content (AvgIpc) is 2.88. The molecule has 2 aliphatic rings. The number of nitrogens with one attached hydrogen (secondary N) is 1. The summed E-state index contributed by atoms with van der Waals surface area (Å²) in [5.41, 5.74) is 5.85. The van der Waals surface area contributed by atoms with Gasteiger partial charge in [-0.05, 0) is 70.7 Å². The van der Waals surface area contributed by atoms with Crippen LogP contribution in [0.3, 0.4) is 0 Å². The predicted octanol–water partition coefficient (Wildman–Crippen LogP) is 1.58. The van der Waals surface area contributed by atoms with Crippen molar-refractivity contribution in [3.8, 4) is 0 Å². The molecule has 1 saturated carbocycles. The van der Waals surface area contributed by atoms with Crippen LogP contribution in [0.1, 0.15) is 44.9 Å². The molecule has 2 unspecified atom stereocenters. The molecule has 17 heavy (non-hydrogen) atoms. The quantitative estimate of drug-likeness (QED) is 0.692. The average molecular weight is 239 g/mol. The molecule has 3 heteroatoms. The van der Waals surface area contributed by atoms with E-state index in [9.17, 15) is 0 Å².